The first-order chi connectivity index (χ1) is 14.7. The van der Waals surface area contributed by atoms with Crippen LogP contribution in [0.15, 0.2) is 24.5 Å². The maximum atomic E-state index is 12.8. The van der Waals surface area contributed by atoms with Crippen molar-refractivity contribution in [2.24, 2.45) is 0 Å². The highest BCUT2D eigenvalue weighted by Gasteiger charge is 2.31. The molecule has 2 aromatic heterocycles. The first-order valence-corrected chi connectivity index (χ1v) is 10.2. The molecule has 1 atom stereocenters. The first-order valence-electron chi connectivity index (χ1n) is 9.39. The van der Waals surface area contributed by atoms with Gasteiger partial charge in [0.25, 0.3) is 5.91 Å². The molecule has 4 rings (SSSR count). The fraction of sp³-hybridized carbons (Fsp3) is 0.368. The van der Waals surface area contributed by atoms with Gasteiger partial charge in [-0.25, -0.2) is 14.6 Å². The Hall–Kier alpha value is -2.99. The molecule has 3 aromatic rings. The molecular weight excluding hydrogens is 435 g/mol. The van der Waals surface area contributed by atoms with Gasteiger partial charge in [0, 0.05) is 29.0 Å². The monoisotopic (exact) mass is 453 g/mol. The van der Waals surface area contributed by atoms with Crippen LogP contribution >= 0.6 is 11.3 Å². The number of aromatic nitrogens is 4. The molecule has 0 saturated heterocycles. The van der Waals surface area contributed by atoms with Gasteiger partial charge in [-0.3, -0.25) is 4.79 Å². The summed E-state index contributed by atoms with van der Waals surface area (Å²) in [5, 5.41) is 16.0. The van der Waals surface area contributed by atoms with Gasteiger partial charge in [-0.15, -0.1) is 11.3 Å². The number of carbonyl (C=O) groups is 1. The molecule has 31 heavy (non-hydrogen) atoms. The Morgan fingerprint density at radius 1 is 1.42 bits per heavy atom. The van der Waals surface area contributed by atoms with Crippen molar-refractivity contribution in [3.8, 4) is 27.8 Å². The second-order valence-electron chi connectivity index (χ2n) is 7.02. The number of halogens is 3. The van der Waals surface area contributed by atoms with E-state index in [9.17, 15) is 23.1 Å². The molecule has 164 valence electrons. The topological polar surface area (TPSA) is 102 Å². The van der Waals surface area contributed by atoms with E-state index in [2.05, 4.69) is 20.4 Å². The summed E-state index contributed by atoms with van der Waals surface area (Å²) in [6.45, 7) is 0.763. The Morgan fingerprint density at radius 2 is 2.23 bits per heavy atom. The predicted octanol–water partition coefficient (Wildman–Crippen LogP) is 2.68. The third kappa shape index (κ3) is 4.69. The van der Waals surface area contributed by atoms with Crippen LogP contribution in [0.1, 0.15) is 22.2 Å². The normalized spacial score (nSPS) is 14.2. The van der Waals surface area contributed by atoms with E-state index in [4.69, 9.17) is 4.74 Å². The molecule has 1 aliphatic heterocycles. The van der Waals surface area contributed by atoms with Crippen LogP contribution in [0.3, 0.4) is 0 Å². The average Bonchev–Trinajstić information content (AvgIpc) is 3.27. The lowest BCUT2D eigenvalue weighted by molar-refractivity contribution is -0.142. The van der Waals surface area contributed by atoms with Crippen LogP contribution in [0.5, 0.6) is 5.75 Å². The second-order valence-corrected chi connectivity index (χ2v) is 8.10. The number of rotatable bonds is 5. The van der Waals surface area contributed by atoms with Crippen LogP contribution in [0.25, 0.3) is 22.1 Å². The van der Waals surface area contributed by atoms with Crippen molar-refractivity contribution >= 4 is 17.2 Å². The van der Waals surface area contributed by atoms with Gasteiger partial charge in [0.05, 0.1) is 18.4 Å². The summed E-state index contributed by atoms with van der Waals surface area (Å²) in [6, 6.07) is 4.90. The van der Waals surface area contributed by atoms with Crippen molar-refractivity contribution in [3.63, 3.8) is 0 Å². The molecule has 0 saturated carbocycles. The van der Waals surface area contributed by atoms with Gasteiger partial charge >= 0.3 is 6.18 Å². The zero-order chi connectivity index (χ0) is 22.2. The summed E-state index contributed by atoms with van der Waals surface area (Å²) in [6.07, 6.45) is -3.51. The third-order valence-electron chi connectivity index (χ3n) is 4.48. The van der Waals surface area contributed by atoms with Crippen molar-refractivity contribution in [2.75, 3.05) is 13.2 Å². The largest absolute Gasteiger partial charge is 0.492 e. The van der Waals surface area contributed by atoms with Gasteiger partial charge in [-0.05, 0) is 25.1 Å². The van der Waals surface area contributed by atoms with E-state index in [0.29, 0.717) is 40.6 Å². The summed E-state index contributed by atoms with van der Waals surface area (Å²) in [4.78, 5) is 21.6. The minimum atomic E-state index is -4.43. The molecule has 8 nitrogen and oxygen atoms in total. The average molecular weight is 453 g/mol. The number of ether oxygens (including phenoxy) is 1. The molecule has 2 N–H and O–H groups in total. The zero-order valence-electron chi connectivity index (χ0n) is 16.3. The van der Waals surface area contributed by atoms with Gasteiger partial charge in [0.1, 0.15) is 18.6 Å². The van der Waals surface area contributed by atoms with Crippen LogP contribution in [-0.2, 0) is 13.0 Å². The Labute approximate surface area is 178 Å². The summed E-state index contributed by atoms with van der Waals surface area (Å²) < 4.78 is 45.0. The molecular formula is C19H18F3N5O3S. The fourth-order valence-corrected chi connectivity index (χ4v) is 4.17. The highest BCUT2D eigenvalue weighted by atomic mass is 32.1. The second kappa shape index (κ2) is 8.27. The number of hydrogen-bond donors (Lipinski definition) is 2. The van der Waals surface area contributed by atoms with E-state index >= 15 is 0 Å². The number of amides is 1. The quantitative estimate of drug-likeness (QED) is 0.616. The number of nitrogens with one attached hydrogen (secondary N) is 1. The number of fused-ring (bicyclic) bond motifs is 3. The molecule has 0 aliphatic carbocycles. The summed E-state index contributed by atoms with van der Waals surface area (Å²) in [5.74, 6) is 0.153. The van der Waals surface area contributed by atoms with Gasteiger partial charge in [0.15, 0.2) is 10.8 Å². The lowest BCUT2D eigenvalue weighted by atomic mass is 10.1. The molecule has 12 heteroatoms. The molecule has 0 fully saturated rings. The first kappa shape index (κ1) is 21.2. The lowest BCUT2D eigenvalue weighted by Gasteiger charge is -2.11. The number of benzene rings is 1. The van der Waals surface area contributed by atoms with Crippen molar-refractivity contribution in [2.45, 2.75) is 32.2 Å². The van der Waals surface area contributed by atoms with Crippen LogP contribution < -0.4 is 10.1 Å². The number of nitrogens with zero attached hydrogens (tertiary/aromatic N) is 4. The van der Waals surface area contributed by atoms with Crippen LogP contribution in [0.2, 0.25) is 0 Å². The highest BCUT2D eigenvalue weighted by molar-refractivity contribution is 7.15. The minimum absolute atomic E-state index is 0.0481. The van der Waals surface area contributed by atoms with Crippen LogP contribution in [0, 0.1) is 0 Å². The SMILES string of the molecule is C[C@H](O)CNC(=O)c1ccc2c(c1)OCCc1sc(-c3ncnn3CC(F)(F)F)nc1-2. The molecule has 0 bridgehead atoms. The maximum absolute atomic E-state index is 12.8. The Bertz CT molecular complexity index is 1110. The van der Waals surface area contributed by atoms with Gasteiger partial charge in [-0.2, -0.15) is 18.3 Å². The van der Waals surface area contributed by atoms with Crippen molar-refractivity contribution in [1.29, 1.82) is 0 Å². The number of carbonyl (C=O) groups excluding carboxylic acids is 1. The molecule has 1 amide bonds. The Kier molecular flexibility index (Phi) is 5.67. The Morgan fingerprint density at radius 3 is 2.97 bits per heavy atom. The zero-order valence-corrected chi connectivity index (χ0v) is 17.1. The predicted molar refractivity (Wildman–Crippen MR) is 106 cm³/mol. The van der Waals surface area contributed by atoms with E-state index in [1.807, 2.05) is 0 Å². The van der Waals surface area contributed by atoms with E-state index in [0.717, 1.165) is 15.9 Å². The molecule has 0 spiro atoms. The molecule has 1 aromatic carbocycles. The summed E-state index contributed by atoms with van der Waals surface area (Å²) in [7, 11) is 0. The molecule has 0 unspecified atom stereocenters. The maximum Gasteiger partial charge on any atom is 0.408 e. The van der Waals surface area contributed by atoms with Crippen LogP contribution in [-0.4, -0.2) is 56.2 Å². The highest BCUT2D eigenvalue weighted by Crippen LogP contribution is 2.40. The summed E-state index contributed by atoms with van der Waals surface area (Å²) >= 11 is 1.24. The fourth-order valence-electron chi connectivity index (χ4n) is 3.12. The van der Waals surface area contributed by atoms with E-state index < -0.39 is 18.8 Å². The van der Waals surface area contributed by atoms with Gasteiger partial charge in [-0.1, -0.05) is 0 Å². The van der Waals surface area contributed by atoms with E-state index in [1.54, 1.807) is 25.1 Å². The van der Waals surface area contributed by atoms with Crippen molar-refractivity contribution in [1.82, 2.24) is 25.1 Å². The van der Waals surface area contributed by atoms with Gasteiger partial charge < -0.3 is 15.2 Å². The molecule has 0 radical (unpaired) electrons. The molecule has 3 heterocycles. The number of thiazole rings is 1. The van der Waals surface area contributed by atoms with E-state index in [1.165, 1.54) is 11.3 Å². The van der Waals surface area contributed by atoms with Crippen molar-refractivity contribution in [3.05, 3.63) is 35.0 Å². The summed E-state index contributed by atoms with van der Waals surface area (Å²) in [5.41, 5.74) is 1.59. The lowest BCUT2D eigenvalue weighted by Crippen LogP contribution is -2.30. The van der Waals surface area contributed by atoms with Crippen LogP contribution in [0.4, 0.5) is 13.2 Å². The minimum Gasteiger partial charge on any atom is -0.492 e. The number of alkyl halides is 3. The number of aliphatic hydroxyl groups excluding tert-OH is 1. The Balaban J connectivity index is 1.66. The number of aliphatic hydroxyl groups is 1. The standard InChI is InChI=1S/C19H18F3N5O3S/c1-10(28)7-23-17(29)11-2-3-12-13(6-11)30-5-4-14-15(12)26-18(31-14)16-24-9-25-27(16)8-19(20,21)22/h2-3,6,9-10,28H,4-5,7-8H2,1H3,(H,23,29)/t10-/m0/s1. The van der Waals surface area contributed by atoms with Crippen molar-refractivity contribution < 1.29 is 27.8 Å². The van der Waals surface area contributed by atoms with E-state index in [-0.39, 0.29) is 18.3 Å². The molecule has 1 aliphatic rings. The third-order valence-corrected chi connectivity index (χ3v) is 5.59. The smallest absolute Gasteiger partial charge is 0.408 e. The number of hydrogen-bond acceptors (Lipinski definition) is 7. The van der Waals surface area contributed by atoms with Gasteiger partial charge in [0.2, 0.25) is 0 Å².